The molecule has 0 aliphatic carbocycles. The van der Waals surface area contributed by atoms with E-state index in [1.165, 1.54) is 0 Å². The van der Waals surface area contributed by atoms with Crippen LogP contribution in [0.5, 0.6) is 0 Å². The Hall–Kier alpha value is -2.74. The van der Waals surface area contributed by atoms with Crippen LogP contribution in [-0.2, 0) is 13.0 Å². The number of nitrogens with zero attached hydrogens (tertiary/aromatic N) is 5. The fourth-order valence-electron chi connectivity index (χ4n) is 3.96. The first-order valence-electron chi connectivity index (χ1n) is 9.33. The van der Waals surface area contributed by atoms with Gasteiger partial charge in [0.1, 0.15) is 18.0 Å². The summed E-state index contributed by atoms with van der Waals surface area (Å²) in [5.41, 5.74) is 2.27. The molecule has 1 aromatic carbocycles. The first kappa shape index (κ1) is 17.7. The molecule has 0 amide bonds. The average Bonchev–Trinajstić information content (AvgIpc) is 2.73. The largest absolute Gasteiger partial charge is 0.396 e. The third-order valence-corrected chi connectivity index (χ3v) is 5.48. The molecular weight excluding hydrogens is 346 g/mol. The molecule has 1 aromatic heterocycles. The van der Waals surface area contributed by atoms with Crippen molar-refractivity contribution in [2.75, 3.05) is 36.0 Å². The highest BCUT2D eigenvalue weighted by Crippen LogP contribution is 2.28. The van der Waals surface area contributed by atoms with Crippen LogP contribution in [0, 0.1) is 16.0 Å². The van der Waals surface area contributed by atoms with Crippen molar-refractivity contribution in [3.8, 4) is 0 Å². The average molecular weight is 369 g/mol. The minimum Gasteiger partial charge on any atom is -0.396 e. The van der Waals surface area contributed by atoms with Crippen LogP contribution in [0.15, 0.2) is 30.6 Å². The first-order chi connectivity index (χ1) is 13.1. The molecule has 2 aliphatic heterocycles. The van der Waals surface area contributed by atoms with Gasteiger partial charge in [-0.2, -0.15) is 0 Å². The Morgan fingerprint density at radius 1 is 1.15 bits per heavy atom. The second-order valence-corrected chi connectivity index (χ2v) is 7.25. The number of hydrogen-bond donors (Lipinski definition) is 1. The number of anilines is 2. The molecule has 0 unspecified atom stereocenters. The number of aliphatic hydroxyl groups excluding tert-OH is 1. The lowest BCUT2D eigenvalue weighted by Crippen LogP contribution is -2.37. The second-order valence-electron chi connectivity index (χ2n) is 7.25. The third kappa shape index (κ3) is 3.71. The summed E-state index contributed by atoms with van der Waals surface area (Å²) in [4.78, 5) is 23.9. The number of hydrogen-bond acceptors (Lipinski definition) is 7. The van der Waals surface area contributed by atoms with Gasteiger partial charge in [0.25, 0.3) is 5.69 Å². The Balaban J connectivity index is 1.54. The number of nitro benzene ring substituents is 1. The van der Waals surface area contributed by atoms with Crippen molar-refractivity contribution in [1.29, 1.82) is 0 Å². The van der Waals surface area contributed by atoms with Crippen LogP contribution >= 0.6 is 0 Å². The number of non-ortho nitro benzene ring substituents is 1. The van der Waals surface area contributed by atoms with Gasteiger partial charge >= 0.3 is 0 Å². The quantitative estimate of drug-likeness (QED) is 0.652. The Bertz CT molecular complexity index is 844. The van der Waals surface area contributed by atoms with E-state index in [1.807, 2.05) is 12.1 Å². The standard InChI is InChI=1S/C19H23N5O3/c25-12-14-2-1-6-22(10-14)18-9-19(21-13-20-18)23-7-5-15-3-4-17(24(26)27)8-16(15)11-23/h3-4,8-9,13-14,25H,1-2,5-7,10-12H2/t14-/m1/s1. The summed E-state index contributed by atoms with van der Waals surface area (Å²) in [5.74, 6) is 2.01. The summed E-state index contributed by atoms with van der Waals surface area (Å²) in [5, 5.41) is 20.5. The number of fused-ring (bicyclic) bond motifs is 1. The fraction of sp³-hybridized carbons (Fsp3) is 0.474. The van der Waals surface area contributed by atoms with Crippen molar-refractivity contribution in [2.24, 2.45) is 5.92 Å². The summed E-state index contributed by atoms with van der Waals surface area (Å²) in [6, 6.07) is 7.09. The molecule has 1 atom stereocenters. The predicted molar refractivity (Wildman–Crippen MR) is 102 cm³/mol. The van der Waals surface area contributed by atoms with E-state index in [-0.39, 0.29) is 17.2 Å². The molecule has 1 N–H and O–H groups in total. The molecule has 142 valence electrons. The minimum atomic E-state index is -0.351. The number of aliphatic hydroxyl groups is 1. The van der Waals surface area contributed by atoms with Gasteiger partial charge in [-0.05, 0) is 36.3 Å². The molecule has 1 fully saturated rings. The smallest absolute Gasteiger partial charge is 0.269 e. The Kier molecular flexibility index (Phi) is 4.89. The SMILES string of the molecule is O=[N+]([O-])c1ccc2c(c1)CN(c1cc(N3CCC[C@@H](CO)C3)ncn1)CC2. The molecule has 27 heavy (non-hydrogen) atoms. The monoisotopic (exact) mass is 369 g/mol. The van der Waals surface area contributed by atoms with Crippen LogP contribution in [0.25, 0.3) is 0 Å². The summed E-state index contributed by atoms with van der Waals surface area (Å²) >= 11 is 0. The van der Waals surface area contributed by atoms with Crippen LogP contribution in [0.1, 0.15) is 24.0 Å². The normalized spacial score (nSPS) is 19.7. The van der Waals surface area contributed by atoms with Gasteiger partial charge in [0, 0.05) is 51.0 Å². The van der Waals surface area contributed by atoms with E-state index in [0.29, 0.717) is 12.5 Å². The van der Waals surface area contributed by atoms with Crippen molar-refractivity contribution in [1.82, 2.24) is 9.97 Å². The summed E-state index contributed by atoms with van der Waals surface area (Å²) < 4.78 is 0. The van der Waals surface area contributed by atoms with E-state index in [1.54, 1.807) is 18.5 Å². The molecule has 0 bridgehead atoms. The highest BCUT2D eigenvalue weighted by molar-refractivity contribution is 5.53. The maximum absolute atomic E-state index is 11.1. The Morgan fingerprint density at radius 2 is 1.96 bits per heavy atom. The molecule has 8 nitrogen and oxygen atoms in total. The maximum Gasteiger partial charge on any atom is 0.269 e. The van der Waals surface area contributed by atoms with E-state index in [4.69, 9.17) is 0 Å². The van der Waals surface area contributed by atoms with Crippen LogP contribution in [0.2, 0.25) is 0 Å². The molecule has 2 aliphatic rings. The molecule has 0 saturated carbocycles. The van der Waals surface area contributed by atoms with Crippen LogP contribution in [-0.4, -0.2) is 46.2 Å². The van der Waals surface area contributed by atoms with E-state index in [0.717, 1.165) is 61.7 Å². The molecule has 1 saturated heterocycles. The van der Waals surface area contributed by atoms with Gasteiger partial charge in [-0.25, -0.2) is 9.97 Å². The number of aromatic nitrogens is 2. The summed E-state index contributed by atoms with van der Waals surface area (Å²) in [6.07, 6.45) is 4.51. The van der Waals surface area contributed by atoms with Crippen LogP contribution in [0.3, 0.4) is 0 Å². The highest BCUT2D eigenvalue weighted by atomic mass is 16.6. The Morgan fingerprint density at radius 3 is 2.74 bits per heavy atom. The minimum absolute atomic E-state index is 0.127. The third-order valence-electron chi connectivity index (χ3n) is 5.48. The van der Waals surface area contributed by atoms with Crippen molar-refractivity contribution in [3.05, 3.63) is 51.8 Å². The molecule has 4 rings (SSSR count). The Labute approximate surface area is 157 Å². The van der Waals surface area contributed by atoms with Gasteiger partial charge < -0.3 is 14.9 Å². The van der Waals surface area contributed by atoms with Gasteiger partial charge in [-0.1, -0.05) is 6.07 Å². The first-order valence-corrected chi connectivity index (χ1v) is 9.33. The van der Waals surface area contributed by atoms with Crippen molar-refractivity contribution in [2.45, 2.75) is 25.8 Å². The molecule has 0 radical (unpaired) electrons. The number of benzene rings is 1. The van der Waals surface area contributed by atoms with Crippen molar-refractivity contribution < 1.29 is 10.0 Å². The van der Waals surface area contributed by atoms with E-state index in [2.05, 4.69) is 19.8 Å². The molecule has 0 spiro atoms. The van der Waals surface area contributed by atoms with E-state index in [9.17, 15) is 15.2 Å². The fourth-order valence-corrected chi connectivity index (χ4v) is 3.96. The van der Waals surface area contributed by atoms with Gasteiger partial charge in [-0.15, -0.1) is 0 Å². The highest BCUT2D eigenvalue weighted by Gasteiger charge is 2.23. The predicted octanol–water partition coefficient (Wildman–Crippen LogP) is 2.16. The summed E-state index contributed by atoms with van der Waals surface area (Å²) in [7, 11) is 0. The van der Waals surface area contributed by atoms with Crippen molar-refractivity contribution in [3.63, 3.8) is 0 Å². The lowest BCUT2D eigenvalue weighted by Gasteiger charge is -2.34. The number of rotatable bonds is 4. The molecule has 2 aromatic rings. The van der Waals surface area contributed by atoms with E-state index >= 15 is 0 Å². The second kappa shape index (κ2) is 7.48. The zero-order valence-corrected chi connectivity index (χ0v) is 15.1. The number of piperidine rings is 1. The van der Waals surface area contributed by atoms with Gasteiger partial charge in [-0.3, -0.25) is 10.1 Å². The lowest BCUT2D eigenvalue weighted by molar-refractivity contribution is -0.384. The topological polar surface area (TPSA) is 95.6 Å². The lowest BCUT2D eigenvalue weighted by atomic mass is 9.98. The molecule has 8 heteroatoms. The van der Waals surface area contributed by atoms with Crippen molar-refractivity contribution >= 4 is 17.3 Å². The zero-order valence-electron chi connectivity index (χ0n) is 15.1. The molecule has 3 heterocycles. The maximum atomic E-state index is 11.1. The van der Waals surface area contributed by atoms with E-state index < -0.39 is 0 Å². The van der Waals surface area contributed by atoms with Gasteiger partial charge in [0.2, 0.25) is 0 Å². The zero-order chi connectivity index (χ0) is 18.8. The van der Waals surface area contributed by atoms with Crippen LogP contribution in [0.4, 0.5) is 17.3 Å². The van der Waals surface area contributed by atoms with Gasteiger partial charge in [0.15, 0.2) is 0 Å². The van der Waals surface area contributed by atoms with Gasteiger partial charge in [0.05, 0.1) is 4.92 Å². The molecular formula is C19H23N5O3. The summed E-state index contributed by atoms with van der Waals surface area (Å²) in [6.45, 7) is 3.37. The van der Waals surface area contributed by atoms with Crippen LogP contribution < -0.4 is 9.80 Å². The number of nitro groups is 1.